The van der Waals surface area contributed by atoms with Crippen molar-refractivity contribution >= 4 is 5.91 Å². The SMILES string of the molecule is Cc1cccc(CCC(CCc2ccccc2)C(=O)NC[C@@H](N)CCCN)c1. The predicted molar refractivity (Wildman–Crippen MR) is 117 cm³/mol. The van der Waals surface area contributed by atoms with E-state index in [1.54, 1.807) is 0 Å². The second-order valence-corrected chi connectivity index (χ2v) is 7.69. The summed E-state index contributed by atoms with van der Waals surface area (Å²) in [6.07, 6.45) is 5.25. The molecule has 4 nitrogen and oxygen atoms in total. The first kappa shape index (κ1) is 22.1. The molecule has 0 aliphatic heterocycles. The molecule has 0 saturated heterocycles. The maximum absolute atomic E-state index is 12.8. The zero-order valence-corrected chi connectivity index (χ0v) is 17.1. The fourth-order valence-corrected chi connectivity index (χ4v) is 3.46. The normalized spacial score (nSPS) is 13.1. The minimum absolute atomic E-state index is 0.0116. The summed E-state index contributed by atoms with van der Waals surface area (Å²) in [7, 11) is 0. The van der Waals surface area contributed by atoms with Gasteiger partial charge in [0.1, 0.15) is 0 Å². The Morgan fingerprint density at radius 3 is 2.32 bits per heavy atom. The van der Waals surface area contributed by atoms with Crippen molar-refractivity contribution in [2.45, 2.75) is 51.5 Å². The molecule has 0 radical (unpaired) electrons. The van der Waals surface area contributed by atoms with Crippen LogP contribution in [-0.4, -0.2) is 25.0 Å². The Labute approximate surface area is 169 Å². The van der Waals surface area contributed by atoms with E-state index >= 15 is 0 Å². The third-order valence-corrected chi connectivity index (χ3v) is 5.18. The van der Waals surface area contributed by atoms with Crippen LogP contribution in [-0.2, 0) is 17.6 Å². The number of carbonyl (C=O) groups excluding carboxylic acids is 1. The lowest BCUT2D eigenvalue weighted by atomic mass is 9.92. The molecular weight excluding hydrogens is 346 g/mol. The Hall–Kier alpha value is -2.17. The maximum atomic E-state index is 12.8. The van der Waals surface area contributed by atoms with Gasteiger partial charge in [-0.05, 0) is 63.1 Å². The number of aryl methyl sites for hydroxylation is 3. The van der Waals surface area contributed by atoms with Crippen LogP contribution in [0.2, 0.25) is 0 Å². The molecular formula is C24H35N3O. The van der Waals surface area contributed by atoms with E-state index in [9.17, 15) is 4.79 Å². The molecule has 0 aromatic heterocycles. The van der Waals surface area contributed by atoms with Gasteiger partial charge in [-0.3, -0.25) is 4.79 Å². The van der Waals surface area contributed by atoms with E-state index in [-0.39, 0.29) is 17.9 Å². The molecule has 4 heteroatoms. The van der Waals surface area contributed by atoms with Gasteiger partial charge in [0.15, 0.2) is 0 Å². The standard InChI is InChI=1S/C24H35N3O/c1-19-7-5-10-21(17-19)13-15-22(14-12-20-8-3-2-4-9-20)24(28)27-18-23(26)11-6-16-25/h2-5,7-10,17,22-23H,6,11-16,18,25-26H2,1H3,(H,27,28)/t22?,23-/m0/s1. The average Bonchev–Trinajstić information content (AvgIpc) is 2.71. The van der Waals surface area contributed by atoms with Gasteiger partial charge >= 0.3 is 0 Å². The lowest BCUT2D eigenvalue weighted by Crippen LogP contribution is -2.40. The van der Waals surface area contributed by atoms with E-state index in [0.717, 1.165) is 38.5 Å². The number of hydrogen-bond donors (Lipinski definition) is 3. The fraction of sp³-hybridized carbons (Fsp3) is 0.458. The van der Waals surface area contributed by atoms with Gasteiger partial charge in [0, 0.05) is 18.5 Å². The number of nitrogens with one attached hydrogen (secondary N) is 1. The number of nitrogens with two attached hydrogens (primary N) is 2. The molecule has 0 aliphatic carbocycles. The fourth-order valence-electron chi connectivity index (χ4n) is 3.46. The van der Waals surface area contributed by atoms with Crippen molar-refractivity contribution in [1.82, 2.24) is 5.32 Å². The number of carbonyl (C=O) groups is 1. The number of amides is 1. The largest absolute Gasteiger partial charge is 0.354 e. The molecule has 0 fully saturated rings. The summed E-state index contributed by atoms with van der Waals surface area (Å²) >= 11 is 0. The second-order valence-electron chi connectivity index (χ2n) is 7.69. The van der Waals surface area contributed by atoms with Crippen molar-refractivity contribution in [1.29, 1.82) is 0 Å². The molecule has 5 N–H and O–H groups in total. The highest BCUT2D eigenvalue weighted by Crippen LogP contribution is 2.18. The first-order chi connectivity index (χ1) is 13.6. The molecule has 0 spiro atoms. The van der Waals surface area contributed by atoms with Gasteiger partial charge in [-0.1, -0.05) is 60.2 Å². The zero-order valence-electron chi connectivity index (χ0n) is 17.1. The second kappa shape index (κ2) is 12.3. The lowest BCUT2D eigenvalue weighted by molar-refractivity contribution is -0.125. The number of benzene rings is 2. The summed E-state index contributed by atoms with van der Waals surface area (Å²) in [6, 6.07) is 18.9. The average molecular weight is 382 g/mol. The lowest BCUT2D eigenvalue weighted by Gasteiger charge is -2.19. The van der Waals surface area contributed by atoms with E-state index in [0.29, 0.717) is 13.1 Å². The first-order valence-corrected chi connectivity index (χ1v) is 10.4. The van der Waals surface area contributed by atoms with Crippen LogP contribution in [0.5, 0.6) is 0 Å². The van der Waals surface area contributed by atoms with Crippen LogP contribution < -0.4 is 16.8 Å². The van der Waals surface area contributed by atoms with Crippen LogP contribution in [0.15, 0.2) is 54.6 Å². The van der Waals surface area contributed by atoms with Gasteiger partial charge < -0.3 is 16.8 Å². The monoisotopic (exact) mass is 381 g/mol. The Morgan fingerprint density at radius 1 is 0.964 bits per heavy atom. The summed E-state index contributed by atoms with van der Waals surface area (Å²) < 4.78 is 0. The Morgan fingerprint density at radius 2 is 1.64 bits per heavy atom. The molecule has 28 heavy (non-hydrogen) atoms. The molecule has 0 saturated carbocycles. The highest BCUT2D eigenvalue weighted by Gasteiger charge is 2.19. The van der Waals surface area contributed by atoms with Gasteiger partial charge in [0.05, 0.1) is 0 Å². The van der Waals surface area contributed by atoms with Crippen LogP contribution in [0, 0.1) is 12.8 Å². The van der Waals surface area contributed by atoms with E-state index < -0.39 is 0 Å². The molecule has 0 aliphatic rings. The van der Waals surface area contributed by atoms with Crippen LogP contribution in [0.1, 0.15) is 42.4 Å². The summed E-state index contributed by atoms with van der Waals surface area (Å²) in [4.78, 5) is 12.8. The van der Waals surface area contributed by atoms with E-state index in [1.807, 2.05) is 18.2 Å². The molecule has 2 atom stereocenters. The number of hydrogen-bond acceptors (Lipinski definition) is 3. The van der Waals surface area contributed by atoms with E-state index in [2.05, 4.69) is 48.6 Å². The van der Waals surface area contributed by atoms with Crippen molar-refractivity contribution in [3.05, 3.63) is 71.3 Å². The van der Waals surface area contributed by atoms with Gasteiger partial charge in [0.25, 0.3) is 0 Å². The van der Waals surface area contributed by atoms with Crippen molar-refractivity contribution in [2.24, 2.45) is 17.4 Å². The van der Waals surface area contributed by atoms with Gasteiger partial charge in [-0.15, -0.1) is 0 Å². The topological polar surface area (TPSA) is 81.1 Å². The van der Waals surface area contributed by atoms with Crippen LogP contribution >= 0.6 is 0 Å². The van der Waals surface area contributed by atoms with Crippen molar-refractivity contribution in [3.8, 4) is 0 Å². The molecule has 152 valence electrons. The summed E-state index contributed by atoms with van der Waals surface area (Å²) in [5.41, 5.74) is 15.4. The molecule has 2 rings (SSSR count). The van der Waals surface area contributed by atoms with Gasteiger partial charge in [0.2, 0.25) is 5.91 Å². The van der Waals surface area contributed by atoms with Crippen molar-refractivity contribution in [2.75, 3.05) is 13.1 Å². The Kier molecular flexibility index (Phi) is 9.73. The number of rotatable bonds is 12. The molecule has 0 bridgehead atoms. The van der Waals surface area contributed by atoms with Gasteiger partial charge in [-0.2, -0.15) is 0 Å². The Balaban J connectivity index is 1.92. The molecule has 1 amide bonds. The van der Waals surface area contributed by atoms with Crippen LogP contribution in [0.4, 0.5) is 0 Å². The maximum Gasteiger partial charge on any atom is 0.223 e. The molecule has 0 heterocycles. The van der Waals surface area contributed by atoms with Crippen LogP contribution in [0.3, 0.4) is 0 Å². The van der Waals surface area contributed by atoms with Crippen molar-refractivity contribution < 1.29 is 4.79 Å². The van der Waals surface area contributed by atoms with Crippen LogP contribution in [0.25, 0.3) is 0 Å². The highest BCUT2D eigenvalue weighted by atomic mass is 16.1. The summed E-state index contributed by atoms with van der Waals surface area (Å²) in [6.45, 7) is 3.26. The zero-order chi connectivity index (χ0) is 20.2. The van der Waals surface area contributed by atoms with E-state index in [4.69, 9.17) is 11.5 Å². The quantitative estimate of drug-likeness (QED) is 0.527. The smallest absolute Gasteiger partial charge is 0.223 e. The minimum atomic E-state index is -0.0287. The van der Waals surface area contributed by atoms with E-state index in [1.165, 1.54) is 16.7 Å². The summed E-state index contributed by atoms with van der Waals surface area (Å²) in [5.74, 6) is 0.106. The van der Waals surface area contributed by atoms with Gasteiger partial charge in [-0.25, -0.2) is 0 Å². The third kappa shape index (κ3) is 8.24. The predicted octanol–water partition coefficient (Wildman–Crippen LogP) is 3.36. The van der Waals surface area contributed by atoms with Crippen molar-refractivity contribution in [3.63, 3.8) is 0 Å². The highest BCUT2D eigenvalue weighted by molar-refractivity contribution is 5.78. The third-order valence-electron chi connectivity index (χ3n) is 5.18. The molecule has 1 unspecified atom stereocenters. The summed E-state index contributed by atoms with van der Waals surface area (Å²) in [5, 5.41) is 3.07. The molecule has 2 aromatic rings. The minimum Gasteiger partial charge on any atom is -0.354 e. The first-order valence-electron chi connectivity index (χ1n) is 10.4. The molecule has 2 aromatic carbocycles. The Bertz CT molecular complexity index is 702.